The van der Waals surface area contributed by atoms with Gasteiger partial charge in [-0.05, 0) is 69.5 Å². The summed E-state index contributed by atoms with van der Waals surface area (Å²) < 4.78 is 0. The molecule has 0 amide bonds. The van der Waals surface area contributed by atoms with Crippen LogP contribution in [0.5, 0.6) is 5.75 Å². The highest BCUT2D eigenvalue weighted by atomic mass is 16.4. The molecule has 0 bridgehead atoms. The maximum absolute atomic E-state index is 10.5. The molecule has 3 aromatic carbocycles. The van der Waals surface area contributed by atoms with Gasteiger partial charge in [-0.25, -0.2) is 4.79 Å². The van der Waals surface area contributed by atoms with Gasteiger partial charge in [0.25, 0.3) is 0 Å². The Kier molecular flexibility index (Phi) is 11.6. The van der Waals surface area contributed by atoms with Gasteiger partial charge in [-0.3, -0.25) is 4.90 Å². The normalized spacial score (nSPS) is 12.8. The summed E-state index contributed by atoms with van der Waals surface area (Å²) in [6, 6.07) is 24.9. The van der Waals surface area contributed by atoms with E-state index in [4.69, 9.17) is 10.2 Å². The number of carbonyl (C=O) groups is 1. The Bertz CT molecular complexity index is 1050. The van der Waals surface area contributed by atoms with Crippen LogP contribution in [-0.2, 0) is 11.4 Å². The molecule has 6 nitrogen and oxygen atoms in total. The number of benzene rings is 3. The topological polar surface area (TPSA) is 101 Å². The number of aliphatic carboxylic acids is 1. The van der Waals surface area contributed by atoms with Crippen molar-refractivity contribution in [3.8, 4) is 5.75 Å². The van der Waals surface area contributed by atoms with E-state index in [0.29, 0.717) is 23.4 Å². The van der Waals surface area contributed by atoms with Gasteiger partial charge in [0, 0.05) is 23.6 Å². The second-order valence-corrected chi connectivity index (χ2v) is 9.38. The first-order valence-corrected chi connectivity index (χ1v) is 12.3. The van der Waals surface area contributed by atoms with Crippen molar-refractivity contribution in [2.45, 2.75) is 64.8 Å². The van der Waals surface area contributed by atoms with Crippen LogP contribution >= 0.6 is 0 Å². The number of hydrogen-bond donors (Lipinski definition) is 4. The maximum Gasteiger partial charge on any atom is 0.337 e. The van der Waals surface area contributed by atoms with E-state index >= 15 is 0 Å². The second-order valence-electron chi connectivity index (χ2n) is 9.38. The van der Waals surface area contributed by atoms with Crippen LogP contribution in [0.2, 0.25) is 0 Å². The van der Waals surface area contributed by atoms with Gasteiger partial charge < -0.3 is 20.4 Å². The van der Waals surface area contributed by atoms with Crippen molar-refractivity contribution < 1.29 is 25.2 Å². The summed E-state index contributed by atoms with van der Waals surface area (Å²) in [6.07, 6.45) is -0.487. The fourth-order valence-corrected chi connectivity index (χ4v) is 4.34. The highest BCUT2D eigenvalue weighted by Crippen LogP contribution is 2.35. The summed E-state index contributed by atoms with van der Waals surface area (Å²) in [4.78, 5) is 12.7. The zero-order chi connectivity index (χ0) is 26.7. The number of phenols is 1. The minimum Gasteiger partial charge on any atom is -0.508 e. The molecule has 0 aliphatic carbocycles. The molecule has 3 rings (SSSR count). The van der Waals surface area contributed by atoms with Crippen molar-refractivity contribution in [1.29, 1.82) is 0 Å². The molecule has 0 heterocycles. The molecule has 4 N–H and O–H groups in total. The third-order valence-corrected chi connectivity index (χ3v) is 6.20. The first-order valence-electron chi connectivity index (χ1n) is 12.3. The Morgan fingerprint density at radius 2 is 1.36 bits per heavy atom. The molecular formula is C30H39NO5. The average Bonchev–Trinajstić information content (AvgIpc) is 2.87. The number of phenolic OH excluding ortho intramolecular Hbond substituents is 1. The summed E-state index contributed by atoms with van der Waals surface area (Å²) in [5, 5.41) is 37.3. The Hall–Kier alpha value is -3.19. The number of aliphatic hydroxyl groups is 2. The van der Waals surface area contributed by atoms with Crippen LogP contribution in [0.3, 0.4) is 0 Å². The zero-order valence-corrected chi connectivity index (χ0v) is 21.6. The zero-order valence-electron chi connectivity index (χ0n) is 21.6. The van der Waals surface area contributed by atoms with E-state index in [9.17, 15) is 15.0 Å². The number of aromatic hydroxyl groups is 1. The first-order chi connectivity index (χ1) is 17.1. The SMILES string of the molecule is CC(C)N(CCC(c1ccccc1)c1cc(CO)ccc1O)C(C)C.O=C(O)C(O)c1ccccc1. The predicted molar refractivity (Wildman–Crippen MR) is 143 cm³/mol. The van der Waals surface area contributed by atoms with Gasteiger partial charge in [-0.2, -0.15) is 0 Å². The lowest BCUT2D eigenvalue weighted by Gasteiger charge is -2.32. The van der Waals surface area contributed by atoms with Gasteiger partial charge in [0.05, 0.1) is 6.61 Å². The van der Waals surface area contributed by atoms with E-state index in [1.807, 2.05) is 24.3 Å². The molecule has 0 saturated heterocycles. The first kappa shape index (κ1) is 29.0. The summed E-state index contributed by atoms with van der Waals surface area (Å²) in [6.45, 7) is 9.84. The summed E-state index contributed by atoms with van der Waals surface area (Å²) in [5.41, 5.74) is 3.32. The van der Waals surface area contributed by atoms with Gasteiger partial charge in [0.15, 0.2) is 6.10 Å². The lowest BCUT2D eigenvalue weighted by Crippen LogP contribution is -2.38. The highest BCUT2D eigenvalue weighted by Gasteiger charge is 2.21. The molecule has 0 spiro atoms. The van der Waals surface area contributed by atoms with Crippen LogP contribution in [0.15, 0.2) is 78.9 Å². The summed E-state index contributed by atoms with van der Waals surface area (Å²) >= 11 is 0. The average molecular weight is 494 g/mol. The smallest absolute Gasteiger partial charge is 0.337 e. The fourth-order valence-electron chi connectivity index (χ4n) is 4.34. The maximum atomic E-state index is 10.5. The molecule has 0 aliphatic heterocycles. The predicted octanol–water partition coefficient (Wildman–Crippen LogP) is 5.33. The van der Waals surface area contributed by atoms with Crippen molar-refractivity contribution in [2.24, 2.45) is 0 Å². The van der Waals surface area contributed by atoms with Crippen LogP contribution in [0, 0.1) is 0 Å². The molecule has 36 heavy (non-hydrogen) atoms. The lowest BCUT2D eigenvalue weighted by atomic mass is 9.86. The van der Waals surface area contributed by atoms with E-state index in [2.05, 4.69) is 44.7 Å². The lowest BCUT2D eigenvalue weighted by molar-refractivity contribution is -0.146. The number of aliphatic hydroxyl groups excluding tert-OH is 2. The van der Waals surface area contributed by atoms with Crippen molar-refractivity contribution in [3.63, 3.8) is 0 Å². The van der Waals surface area contributed by atoms with Crippen LogP contribution in [0.25, 0.3) is 0 Å². The minimum absolute atomic E-state index is 0.0150. The van der Waals surface area contributed by atoms with E-state index in [1.54, 1.807) is 42.5 Å². The molecular weight excluding hydrogens is 454 g/mol. The molecule has 6 heteroatoms. The van der Waals surface area contributed by atoms with Crippen LogP contribution in [0.4, 0.5) is 0 Å². The standard InChI is InChI=1S/C22H31NO2.C8H8O3/c1-16(2)23(17(3)4)13-12-20(19-8-6-5-7-9-19)21-14-18(15-24)10-11-22(21)25;9-7(8(10)11)6-4-2-1-3-5-6/h5-11,14,16-17,20,24-25H,12-13,15H2,1-4H3;1-5,7,9H,(H,10,11). The summed E-state index contributed by atoms with van der Waals surface area (Å²) in [5.74, 6) is -0.824. The third-order valence-electron chi connectivity index (χ3n) is 6.20. The Balaban J connectivity index is 0.000000346. The van der Waals surface area contributed by atoms with Crippen molar-refractivity contribution in [3.05, 3.63) is 101 Å². The number of carboxylic acid groups (broad SMARTS) is 1. The van der Waals surface area contributed by atoms with Crippen molar-refractivity contribution >= 4 is 5.97 Å². The molecule has 0 aromatic heterocycles. The molecule has 0 radical (unpaired) electrons. The number of carboxylic acids is 1. The van der Waals surface area contributed by atoms with Crippen molar-refractivity contribution in [2.75, 3.05) is 6.54 Å². The van der Waals surface area contributed by atoms with Gasteiger partial charge in [-0.15, -0.1) is 0 Å². The Labute approximate surface area is 214 Å². The van der Waals surface area contributed by atoms with Gasteiger partial charge >= 0.3 is 5.97 Å². The molecule has 2 atom stereocenters. The molecule has 194 valence electrons. The number of nitrogens with zero attached hydrogens (tertiary/aromatic N) is 1. The third kappa shape index (κ3) is 8.48. The molecule has 3 aromatic rings. The molecule has 0 fully saturated rings. The number of hydrogen-bond acceptors (Lipinski definition) is 5. The van der Waals surface area contributed by atoms with Crippen molar-refractivity contribution in [1.82, 2.24) is 4.90 Å². The van der Waals surface area contributed by atoms with Crippen LogP contribution in [0.1, 0.15) is 68.4 Å². The highest BCUT2D eigenvalue weighted by molar-refractivity contribution is 5.73. The molecule has 0 saturated carbocycles. The van der Waals surface area contributed by atoms with Crippen LogP contribution < -0.4 is 0 Å². The molecule has 2 unspecified atom stereocenters. The van der Waals surface area contributed by atoms with Crippen LogP contribution in [-0.4, -0.2) is 49.9 Å². The second kappa shape index (κ2) is 14.4. The quantitative estimate of drug-likeness (QED) is 0.305. The fraction of sp³-hybridized carbons (Fsp3) is 0.367. The van der Waals surface area contributed by atoms with Gasteiger partial charge in [-0.1, -0.05) is 66.7 Å². The van der Waals surface area contributed by atoms with E-state index in [1.165, 1.54) is 5.56 Å². The molecule has 0 aliphatic rings. The number of rotatable bonds is 10. The van der Waals surface area contributed by atoms with E-state index in [0.717, 1.165) is 24.1 Å². The summed E-state index contributed by atoms with van der Waals surface area (Å²) in [7, 11) is 0. The minimum atomic E-state index is -1.41. The van der Waals surface area contributed by atoms with Gasteiger partial charge in [0.1, 0.15) is 5.75 Å². The monoisotopic (exact) mass is 493 g/mol. The Morgan fingerprint density at radius 3 is 1.83 bits per heavy atom. The van der Waals surface area contributed by atoms with Gasteiger partial charge in [0.2, 0.25) is 0 Å². The van der Waals surface area contributed by atoms with E-state index < -0.39 is 12.1 Å². The Morgan fingerprint density at radius 1 is 0.833 bits per heavy atom. The van der Waals surface area contributed by atoms with E-state index in [-0.39, 0.29) is 12.5 Å². The largest absolute Gasteiger partial charge is 0.508 e.